The molecule has 4 N–H and O–H groups in total. The highest BCUT2D eigenvalue weighted by Gasteiger charge is 1.98. The quantitative estimate of drug-likeness (QED) is 0.411. The summed E-state index contributed by atoms with van der Waals surface area (Å²) in [5, 5.41) is 6.32. The van der Waals surface area contributed by atoms with E-state index < -0.39 is 0 Å². The van der Waals surface area contributed by atoms with Crippen LogP contribution in [0.15, 0.2) is 29.4 Å². The fraction of sp³-hybridized carbons (Fsp3) is 0.364. The van der Waals surface area contributed by atoms with Crippen molar-refractivity contribution in [2.75, 3.05) is 13.1 Å². The summed E-state index contributed by atoms with van der Waals surface area (Å²) >= 11 is 5.06. The lowest BCUT2D eigenvalue weighted by atomic mass is 10.3. The minimum Gasteiger partial charge on any atom is -0.370 e. The molecule has 0 bridgehead atoms. The maximum atomic E-state index is 5.57. The fourth-order valence-corrected chi connectivity index (χ4v) is 1.43. The molecular weight excluding hydrogens is 234 g/mol. The van der Waals surface area contributed by atoms with Gasteiger partial charge in [0.1, 0.15) is 0 Å². The Morgan fingerprint density at radius 1 is 1.53 bits per heavy atom. The van der Waals surface area contributed by atoms with E-state index in [1.807, 2.05) is 25.1 Å². The van der Waals surface area contributed by atoms with Crippen LogP contribution in [0, 0.1) is 0 Å². The van der Waals surface area contributed by atoms with E-state index in [0.717, 1.165) is 12.1 Å². The second-order valence-corrected chi connectivity index (χ2v) is 3.72. The van der Waals surface area contributed by atoms with E-state index in [9.17, 15) is 0 Å². The van der Waals surface area contributed by atoms with Gasteiger partial charge in [0.25, 0.3) is 0 Å². The first kappa shape index (κ1) is 13.4. The number of pyridine rings is 1. The maximum absolute atomic E-state index is 5.57. The van der Waals surface area contributed by atoms with Gasteiger partial charge in [-0.2, -0.15) is 0 Å². The Bertz CT molecular complexity index is 377. The molecule has 0 aromatic carbocycles. The van der Waals surface area contributed by atoms with Gasteiger partial charge < -0.3 is 16.4 Å². The summed E-state index contributed by atoms with van der Waals surface area (Å²) in [5.41, 5.74) is 6.59. The van der Waals surface area contributed by atoms with Crippen molar-refractivity contribution in [2.45, 2.75) is 13.3 Å². The summed E-state index contributed by atoms with van der Waals surface area (Å²) in [7, 11) is 0. The number of nitrogens with one attached hydrogen (secondary N) is 2. The molecule has 1 rings (SSSR count). The third-order valence-corrected chi connectivity index (χ3v) is 2.21. The van der Waals surface area contributed by atoms with E-state index in [0.29, 0.717) is 24.2 Å². The van der Waals surface area contributed by atoms with E-state index in [1.165, 1.54) is 0 Å². The van der Waals surface area contributed by atoms with E-state index in [4.69, 9.17) is 18.0 Å². The second-order valence-electron chi connectivity index (χ2n) is 3.31. The van der Waals surface area contributed by atoms with Gasteiger partial charge in [-0.3, -0.25) is 9.98 Å². The predicted octanol–water partition coefficient (Wildman–Crippen LogP) is 0.423. The van der Waals surface area contributed by atoms with Crippen LogP contribution >= 0.6 is 12.2 Å². The molecule has 0 saturated heterocycles. The van der Waals surface area contributed by atoms with Crippen molar-refractivity contribution in [1.29, 1.82) is 0 Å². The van der Waals surface area contributed by atoms with Gasteiger partial charge >= 0.3 is 0 Å². The van der Waals surface area contributed by atoms with E-state index in [1.54, 1.807) is 6.20 Å². The molecule has 0 atom stereocenters. The summed E-state index contributed by atoms with van der Waals surface area (Å²) < 4.78 is 0. The van der Waals surface area contributed by atoms with E-state index in [-0.39, 0.29) is 0 Å². The van der Waals surface area contributed by atoms with Gasteiger partial charge in [-0.1, -0.05) is 6.07 Å². The first-order valence-corrected chi connectivity index (χ1v) is 5.88. The molecule has 92 valence electrons. The fourth-order valence-electron chi connectivity index (χ4n) is 1.22. The Kier molecular flexibility index (Phi) is 5.95. The number of hydrogen-bond acceptors (Lipinski definition) is 3. The summed E-state index contributed by atoms with van der Waals surface area (Å²) in [5.74, 6) is 0.336. The molecule has 0 aliphatic carbocycles. The van der Waals surface area contributed by atoms with Crippen LogP contribution in [0.2, 0.25) is 0 Å². The molecule has 0 fully saturated rings. The predicted molar refractivity (Wildman–Crippen MR) is 73.8 cm³/mol. The molecule has 1 aromatic heterocycles. The van der Waals surface area contributed by atoms with Crippen molar-refractivity contribution >= 4 is 23.3 Å². The van der Waals surface area contributed by atoms with Crippen LogP contribution in [0.3, 0.4) is 0 Å². The van der Waals surface area contributed by atoms with Gasteiger partial charge in [0.15, 0.2) is 11.1 Å². The zero-order chi connectivity index (χ0) is 12.5. The largest absolute Gasteiger partial charge is 0.370 e. The van der Waals surface area contributed by atoms with E-state index >= 15 is 0 Å². The Morgan fingerprint density at radius 2 is 2.35 bits per heavy atom. The Balaban J connectivity index is 2.23. The van der Waals surface area contributed by atoms with Gasteiger partial charge in [-0.05, 0) is 31.3 Å². The van der Waals surface area contributed by atoms with Crippen LogP contribution in [0.4, 0.5) is 0 Å². The van der Waals surface area contributed by atoms with Gasteiger partial charge in [-0.15, -0.1) is 0 Å². The highest BCUT2D eigenvalue weighted by atomic mass is 32.1. The van der Waals surface area contributed by atoms with Crippen LogP contribution < -0.4 is 16.4 Å². The third kappa shape index (κ3) is 5.82. The van der Waals surface area contributed by atoms with E-state index in [2.05, 4.69) is 20.6 Å². The van der Waals surface area contributed by atoms with Gasteiger partial charge in [-0.25, -0.2) is 0 Å². The number of nitrogens with two attached hydrogens (primary N) is 1. The van der Waals surface area contributed by atoms with Crippen LogP contribution in [0.25, 0.3) is 0 Å². The molecule has 0 saturated carbocycles. The number of aromatic nitrogens is 1. The molecular formula is C11H17N5S. The summed E-state index contributed by atoms with van der Waals surface area (Å²) in [6.45, 7) is 3.25. The minimum absolute atomic E-state index is 0.336. The summed E-state index contributed by atoms with van der Waals surface area (Å²) in [6.07, 6.45) is 2.59. The Labute approximate surface area is 107 Å². The zero-order valence-corrected chi connectivity index (χ0v) is 10.6. The van der Waals surface area contributed by atoms with Crippen molar-refractivity contribution in [1.82, 2.24) is 15.6 Å². The molecule has 0 amide bonds. The molecule has 1 aromatic rings. The van der Waals surface area contributed by atoms with Crippen molar-refractivity contribution in [2.24, 2.45) is 10.7 Å². The van der Waals surface area contributed by atoms with Crippen molar-refractivity contribution in [3.8, 4) is 0 Å². The minimum atomic E-state index is 0.336. The normalized spacial score (nSPS) is 11.0. The standard InChI is InChI=1S/C11H17N5S/c1-2-13-10(12)16-11(17)15-8-6-9-5-3-4-7-14-9/h3-5,7H,2,6,8H2,1H3,(H4,12,13,15,16,17). The smallest absolute Gasteiger partial charge is 0.194 e. The average molecular weight is 251 g/mol. The molecule has 0 aliphatic heterocycles. The van der Waals surface area contributed by atoms with Crippen LogP contribution in [0.1, 0.15) is 12.6 Å². The van der Waals surface area contributed by atoms with Gasteiger partial charge in [0.2, 0.25) is 0 Å². The SMILES string of the molecule is CCN=C(N)NC(=S)NCCc1ccccn1. The Hall–Kier alpha value is -1.69. The number of guanidine groups is 1. The highest BCUT2D eigenvalue weighted by Crippen LogP contribution is 1.92. The topological polar surface area (TPSA) is 75.3 Å². The maximum Gasteiger partial charge on any atom is 0.194 e. The third-order valence-electron chi connectivity index (χ3n) is 1.96. The zero-order valence-electron chi connectivity index (χ0n) is 9.81. The van der Waals surface area contributed by atoms with Gasteiger partial charge in [0, 0.05) is 31.4 Å². The van der Waals surface area contributed by atoms with Crippen molar-refractivity contribution in [3.05, 3.63) is 30.1 Å². The number of rotatable bonds is 4. The number of hydrogen-bond donors (Lipinski definition) is 3. The molecule has 0 spiro atoms. The van der Waals surface area contributed by atoms with Crippen molar-refractivity contribution < 1.29 is 0 Å². The van der Waals surface area contributed by atoms with Crippen LogP contribution in [-0.4, -0.2) is 29.1 Å². The lowest BCUT2D eigenvalue weighted by Gasteiger charge is -2.09. The molecule has 1 heterocycles. The van der Waals surface area contributed by atoms with Crippen LogP contribution in [0.5, 0.6) is 0 Å². The highest BCUT2D eigenvalue weighted by molar-refractivity contribution is 7.80. The van der Waals surface area contributed by atoms with Crippen molar-refractivity contribution in [3.63, 3.8) is 0 Å². The molecule has 17 heavy (non-hydrogen) atoms. The van der Waals surface area contributed by atoms with Crippen LogP contribution in [-0.2, 0) is 6.42 Å². The molecule has 5 nitrogen and oxygen atoms in total. The number of nitrogens with zero attached hydrogens (tertiary/aromatic N) is 2. The number of aliphatic imine (C=N–C) groups is 1. The average Bonchev–Trinajstić information content (AvgIpc) is 2.30. The first-order valence-electron chi connectivity index (χ1n) is 5.47. The second kappa shape index (κ2) is 7.56. The lowest BCUT2D eigenvalue weighted by Crippen LogP contribution is -2.43. The molecule has 6 heteroatoms. The molecule has 0 radical (unpaired) electrons. The Morgan fingerprint density at radius 3 is 3.00 bits per heavy atom. The number of thiocarbonyl (C=S) groups is 1. The lowest BCUT2D eigenvalue weighted by molar-refractivity contribution is 0.836. The monoisotopic (exact) mass is 251 g/mol. The summed E-state index contributed by atoms with van der Waals surface area (Å²) in [4.78, 5) is 8.19. The summed E-state index contributed by atoms with van der Waals surface area (Å²) in [6, 6.07) is 5.83. The van der Waals surface area contributed by atoms with Gasteiger partial charge in [0.05, 0.1) is 0 Å². The molecule has 0 aliphatic rings. The first-order chi connectivity index (χ1) is 8.22. The molecule has 0 unspecified atom stereocenters.